The third-order valence-electron chi connectivity index (χ3n) is 3.99. The van der Waals surface area contributed by atoms with Gasteiger partial charge in [-0.15, -0.1) is 0 Å². The maximum Gasteiger partial charge on any atom is 0.414 e. The van der Waals surface area contributed by atoms with E-state index in [-0.39, 0.29) is 18.2 Å². The third-order valence-corrected chi connectivity index (χ3v) is 3.99. The Morgan fingerprint density at radius 1 is 1.19 bits per heavy atom. The Balaban J connectivity index is 1.68. The summed E-state index contributed by atoms with van der Waals surface area (Å²) in [6.45, 7) is 2.15. The molecule has 2 saturated heterocycles. The van der Waals surface area contributed by atoms with E-state index in [0.29, 0.717) is 37.7 Å². The van der Waals surface area contributed by atoms with E-state index in [1.807, 2.05) is 18.2 Å². The molecule has 21 heavy (non-hydrogen) atoms. The lowest BCUT2D eigenvalue weighted by atomic mass is 10.1. The van der Waals surface area contributed by atoms with Gasteiger partial charge in [-0.1, -0.05) is 0 Å². The summed E-state index contributed by atoms with van der Waals surface area (Å²) in [6.07, 6.45) is 0.567. The maximum atomic E-state index is 11.9. The molecule has 1 N–H and O–H groups in total. The van der Waals surface area contributed by atoms with Crippen molar-refractivity contribution in [1.82, 2.24) is 5.32 Å². The molecule has 0 radical (unpaired) electrons. The van der Waals surface area contributed by atoms with Gasteiger partial charge in [0.15, 0.2) is 0 Å². The maximum absolute atomic E-state index is 11.9. The lowest BCUT2D eigenvalue weighted by Crippen LogP contribution is -2.46. The van der Waals surface area contributed by atoms with Crippen molar-refractivity contribution in [1.29, 1.82) is 0 Å². The van der Waals surface area contributed by atoms with Crippen molar-refractivity contribution in [2.45, 2.75) is 12.5 Å². The van der Waals surface area contributed by atoms with Gasteiger partial charge in [0.05, 0.1) is 5.69 Å². The Kier molecular flexibility index (Phi) is 2.66. The topological polar surface area (TPSA) is 71.1 Å². The second kappa shape index (κ2) is 4.54. The van der Waals surface area contributed by atoms with Gasteiger partial charge in [-0.25, -0.2) is 9.59 Å². The van der Waals surface area contributed by atoms with Crippen LogP contribution in [0.4, 0.5) is 21.0 Å². The van der Waals surface area contributed by atoms with Crippen LogP contribution in [0.5, 0.6) is 5.75 Å². The molecule has 3 heterocycles. The first kappa shape index (κ1) is 12.3. The minimum absolute atomic E-state index is 0.0610. The molecule has 110 valence electrons. The molecule has 1 aromatic rings. The number of urea groups is 1. The van der Waals surface area contributed by atoms with Gasteiger partial charge < -0.3 is 14.8 Å². The second-order valence-corrected chi connectivity index (χ2v) is 5.30. The quantitative estimate of drug-likeness (QED) is 0.846. The van der Waals surface area contributed by atoms with Crippen molar-refractivity contribution in [3.8, 4) is 5.75 Å². The largest absolute Gasteiger partial charge is 0.489 e. The van der Waals surface area contributed by atoms with E-state index < -0.39 is 0 Å². The molecule has 2 fully saturated rings. The molecule has 4 rings (SSSR count). The number of hydrogen-bond acceptors (Lipinski definition) is 4. The summed E-state index contributed by atoms with van der Waals surface area (Å²) in [4.78, 5) is 27.0. The van der Waals surface area contributed by atoms with Crippen LogP contribution in [0.25, 0.3) is 0 Å². The highest BCUT2D eigenvalue weighted by Gasteiger charge is 2.39. The number of amides is 3. The summed E-state index contributed by atoms with van der Waals surface area (Å²) in [5.74, 6) is 0.612. The Labute approximate surface area is 121 Å². The normalized spacial score (nSPS) is 23.9. The van der Waals surface area contributed by atoms with Gasteiger partial charge >= 0.3 is 12.1 Å². The molecular formula is C14H15N3O4. The van der Waals surface area contributed by atoms with Gasteiger partial charge in [-0.2, -0.15) is 0 Å². The van der Waals surface area contributed by atoms with Crippen LogP contribution in [-0.4, -0.2) is 44.5 Å². The molecule has 3 amide bonds. The number of benzene rings is 1. The number of hydrogen-bond donors (Lipinski definition) is 1. The number of anilines is 2. The zero-order valence-electron chi connectivity index (χ0n) is 11.4. The lowest BCUT2D eigenvalue weighted by molar-refractivity contribution is 0.176. The highest BCUT2D eigenvalue weighted by atomic mass is 16.6. The molecule has 0 saturated carbocycles. The molecule has 1 atom stereocenters. The number of nitrogens with zero attached hydrogens (tertiary/aromatic N) is 2. The van der Waals surface area contributed by atoms with Gasteiger partial charge in [-0.3, -0.25) is 9.80 Å². The first-order valence-electron chi connectivity index (χ1n) is 7.02. The average molecular weight is 289 g/mol. The van der Waals surface area contributed by atoms with Crippen molar-refractivity contribution in [2.75, 3.05) is 36.1 Å². The molecule has 3 aliphatic heterocycles. The van der Waals surface area contributed by atoms with E-state index in [9.17, 15) is 9.59 Å². The van der Waals surface area contributed by atoms with Crippen LogP contribution in [-0.2, 0) is 4.74 Å². The molecule has 0 aromatic heterocycles. The molecular weight excluding hydrogens is 274 g/mol. The minimum Gasteiger partial charge on any atom is -0.489 e. The summed E-state index contributed by atoms with van der Waals surface area (Å²) in [6, 6.07) is 5.29. The van der Waals surface area contributed by atoms with Crippen molar-refractivity contribution in [3.63, 3.8) is 0 Å². The molecule has 7 nitrogen and oxygen atoms in total. The number of cyclic esters (lactones) is 1. The van der Waals surface area contributed by atoms with E-state index in [1.54, 1.807) is 9.80 Å². The van der Waals surface area contributed by atoms with Crippen molar-refractivity contribution >= 4 is 23.5 Å². The van der Waals surface area contributed by atoms with E-state index >= 15 is 0 Å². The Hall–Kier alpha value is -2.44. The first-order valence-corrected chi connectivity index (χ1v) is 7.02. The molecule has 0 aliphatic carbocycles. The SMILES string of the molecule is O=C1NCCCN1c1ccc2c(c1)OCC1COC(=O)N21. The van der Waals surface area contributed by atoms with E-state index in [2.05, 4.69) is 5.32 Å². The van der Waals surface area contributed by atoms with Gasteiger partial charge in [0.25, 0.3) is 0 Å². The van der Waals surface area contributed by atoms with Crippen LogP contribution in [0, 0.1) is 0 Å². The Morgan fingerprint density at radius 2 is 2.05 bits per heavy atom. The van der Waals surface area contributed by atoms with Gasteiger partial charge in [0.1, 0.15) is 25.0 Å². The summed E-state index contributed by atoms with van der Waals surface area (Å²) >= 11 is 0. The second-order valence-electron chi connectivity index (χ2n) is 5.30. The number of rotatable bonds is 1. The highest BCUT2D eigenvalue weighted by molar-refractivity contribution is 5.96. The van der Waals surface area contributed by atoms with Crippen molar-refractivity contribution in [3.05, 3.63) is 18.2 Å². The summed E-state index contributed by atoms with van der Waals surface area (Å²) < 4.78 is 10.8. The zero-order chi connectivity index (χ0) is 14.4. The Bertz CT molecular complexity index is 618. The number of fused-ring (bicyclic) bond motifs is 3. The van der Waals surface area contributed by atoms with E-state index in [0.717, 1.165) is 12.1 Å². The fourth-order valence-electron chi connectivity index (χ4n) is 2.93. The fourth-order valence-corrected chi connectivity index (χ4v) is 2.93. The zero-order valence-corrected chi connectivity index (χ0v) is 11.4. The lowest BCUT2D eigenvalue weighted by Gasteiger charge is -2.32. The molecule has 7 heteroatoms. The van der Waals surface area contributed by atoms with Gasteiger partial charge in [0.2, 0.25) is 0 Å². The smallest absolute Gasteiger partial charge is 0.414 e. The van der Waals surface area contributed by atoms with Crippen LogP contribution in [0.1, 0.15) is 6.42 Å². The van der Waals surface area contributed by atoms with Crippen LogP contribution in [0.15, 0.2) is 18.2 Å². The minimum atomic E-state index is -0.340. The predicted octanol–water partition coefficient (Wildman–Crippen LogP) is 1.32. The molecule has 1 aromatic carbocycles. The summed E-state index contributed by atoms with van der Waals surface area (Å²) in [5, 5.41) is 2.82. The highest BCUT2D eigenvalue weighted by Crippen LogP contribution is 2.39. The van der Waals surface area contributed by atoms with Crippen LogP contribution < -0.4 is 19.9 Å². The predicted molar refractivity (Wildman–Crippen MR) is 74.9 cm³/mol. The van der Waals surface area contributed by atoms with Crippen molar-refractivity contribution in [2.24, 2.45) is 0 Å². The molecule has 1 unspecified atom stereocenters. The number of carbonyl (C=O) groups is 2. The number of nitrogens with one attached hydrogen (secondary N) is 1. The Morgan fingerprint density at radius 3 is 2.90 bits per heavy atom. The standard InChI is InChI=1S/C14H15N3O4/c18-13-15-4-1-5-16(13)9-2-3-11-12(6-9)20-7-10-8-21-14(19)17(10)11/h2-3,6,10H,1,4-5,7-8H2,(H,15,18). The number of carbonyl (C=O) groups excluding carboxylic acids is 2. The molecule has 3 aliphatic rings. The first-order chi connectivity index (χ1) is 10.2. The summed E-state index contributed by atoms with van der Waals surface area (Å²) in [5.41, 5.74) is 1.48. The van der Waals surface area contributed by atoms with Gasteiger partial charge in [-0.05, 0) is 18.6 Å². The van der Waals surface area contributed by atoms with Crippen LogP contribution >= 0.6 is 0 Å². The third kappa shape index (κ3) is 1.88. The molecule has 0 bridgehead atoms. The molecule has 0 spiro atoms. The fraction of sp³-hybridized carbons (Fsp3) is 0.429. The van der Waals surface area contributed by atoms with Crippen LogP contribution in [0.2, 0.25) is 0 Å². The van der Waals surface area contributed by atoms with Crippen LogP contribution in [0.3, 0.4) is 0 Å². The monoisotopic (exact) mass is 289 g/mol. The van der Waals surface area contributed by atoms with E-state index in [4.69, 9.17) is 9.47 Å². The number of ether oxygens (including phenoxy) is 2. The average Bonchev–Trinajstić information content (AvgIpc) is 2.89. The van der Waals surface area contributed by atoms with Crippen molar-refractivity contribution < 1.29 is 19.1 Å². The summed E-state index contributed by atoms with van der Waals surface area (Å²) in [7, 11) is 0. The van der Waals surface area contributed by atoms with E-state index in [1.165, 1.54) is 0 Å². The van der Waals surface area contributed by atoms with Gasteiger partial charge in [0, 0.05) is 24.8 Å².